The molecule has 0 aliphatic rings. The van der Waals surface area contributed by atoms with Crippen LogP contribution in [0.25, 0.3) is 0 Å². The lowest BCUT2D eigenvalue weighted by Crippen LogP contribution is -2.01. The van der Waals surface area contributed by atoms with Crippen molar-refractivity contribution in [2.75, 3.05) is 7.11 Å². The van der Waals surface area contributed by atoms with Crippen molar-refractivity contribution in [3.05, 3.63) is 51.2 Å². The fourth-order valence-electron chi connectivity index (χ4n) is 1.75. The lowest BCUT2D eigenvalue weighted by Gasteiger charge is -2.04. The van der Waals surface area contributed by atoms with Crippen molar-refractivity contribution in [3.63, 3.8) is 0 Å². The first-order chi connectivity index (χ1) is 8.11. The van der Waals surface area contributed by atoms with E-state index in [-0.39, 0.29) is 5.78 Å². The molecule has 0 radical (unpaired) electrons. The Labute approximate surface area is 105 Å². The van der Waals surface area contributed by atoms with Gasteiger partial charge in [-0.15, -0.1) is 11.3 Å². The van der Waals surface area contributed by atoms with Gasteiger partial charge in [0.1, 0.15) is 5.75 Å². The van der Waals surface area contributed by atoms with Crippen LogP contribution in [0.2, 0.25) is 0 Å². The Morgan fingerprint density at radius 1 is 1.24 bits per heavy atom. The monoisotopic (exact) mass is 246 g/mol. The van der Waals surface area contributed by atoms with Crippen LogP contribution in [0.4, 0.5) is 0 Å². The Morgan fingerprint density at radius 3 is 2.59 bits per heavy atom. The third kappa shape index (κ3) is 2.39. The van der Waals surface area contributed by atoms with Crippen LogP contribution in [0, 0.1) is 13.8 Å². The highest BCUT2D eigenvalue weighted by atomic mass is 32.1. The van der Waals surface area contributed by atoms with Gasteiger partial charge in [0, 0.05) is 17.0 Å². The summed E-state index contributed by atoms with van der Waals surface area (Å²) in [4.78, 5) is 13.0. The summed E-state index contributed by atoms with van der Waals surface area (Å²) in [6, 6.07) is 7.66. The van der Waals surface area contributed by atoms with E-state index in [9.17, 15) is 4.79 Å². The van der Waals surface area contributed by atoms with Crippen molar-refractivity contribution in [1.29, 1.82) is 0 Å². The summed E-state index contributed by atoms with van der Waals surface area (Å²) < 4.78 is 5.09. The molecule has 0 aliphatic carbocycles. The molecule has 1 heterocycles. The summed E-state index contributed by atoms with van der Waals surface area (Å²) in [5.74, 6) is 0.805. The van der Waals surface area contributed by atoms with E-state index in [4.69, 9.17) is 4.74 Å². The predicted octanol–water partition coefficient (Wildman–Crippen LogP) is 3.60. The number of ketones is 1. The van der Waals surface area contributed by atoms with E-state index in [1.165, 1.54) is 16.9 Å². The Kier molecular flexibility index (Phi) is 3.29. The van der Waals surface area contributed by atoms with Gasteiger partial charge in [0.25, 0.3) is 0 Å². The molecule has 88 valence electrons. The maximum atomic E-state index is 12.3. The van der Waals surface area contributed by atoms with Crippen LogP contribution in [0.3, 0.4) is 0 Å². The maximum Gasteiger partial charge on any atom is 0.203 e. The minimum absolute atomic E-state index is 0.0656. The van der Waals surface area contributed by atoms with Gasteiger partial charge >= 0.3 is 0 Å². The van der Waals surface area contributed by atoms with Gasteiger partial charge in [-0.25, -0.2) is 0 Å². The third-order valence-electron chi connectivity index (χ3n) is 2.66. The molecule has 2 aromatic rings. The van der Waals surface area contributed by atoms with E-state index < -0.39 is 0 Å². The summed E-state index contributed by atoms with van der Waals surface area (Å²) in [5, 5.41) is 1.84. The summed E-state index contributed by atoms with van der Waals surface area (Å²) >= 11 is 1.42. The van der Waals surface area contributed by atoms with Crippen molar-refractivity contribution >= 4 is 17.1 Å². The Morgan fingerprint density at radius 2 is 2.00 bits per heavy atom. The molecule has 0 saturated carbocycles. The molecule has 0 N–H and O–H groups in total. The molecule has 0 aliphatic heterocycles. The number of methoxy groups -OCH3 is 1. The number of rotatable bonds is 3. The van der Waals surface area contributed by atoms with Crippen LogP contribution < -0.4 is 4.74 Å². The first-order valence-electron chi connectivity index (χ1n) is 5.36. The van der Waals surface area contributed by atoms with Crippen LogP contribution >= 0.6 is 11.3 Å². The molecule has 0 fully saturated rings. The van der Waals surface area contributed by atoms with Gasteiger partial charge in [-0.2, -0.15) is 0 Å². The number of thiophene rings is 1. The van der Waals surface area contributed by atoms with E-state index in [1.807, 2.05) is 37.4 Å². The van der Waals surface area contributed by atoms with Gasteiger partial charge in [0.15, 0.2) is 0 Å². The lowest BCUT2D eigenvalue weighted by atomic mass is 10.0. The number of hydrogen-bond acceptors (Lipinski definition) is 3. The highest BCUT2D eigenvalue weighted by Gasteiger charge is 2.14. The normalized spacial score (nSPS) is 10.3. The second-order valence-electron chi connectivity index (χ2n) is 4.00. The average molecular weight is 246 g/mol. The summed E-state index contributed by atoms with van der Waals surface area (Å²) in [6.07, 6.45) is 0. The minimum atomic E-state index is 0.0656. The number of hydrogen-bond donors (Lipinski definition) is 0. The zero-order valence-electron chi connectivity index (χ0n) is 10.1. The van der Waals surface area contributed by atoms with Gasteiger partial charge in [-0.3, -0.25) is 4.79 Å². The Hall–Kier alpha value is -1.61. The second-order valence-corrected chi connectivity index (χ2v) is 4.91. The Balaban J connectivity index is 2.36. The van der Waals surface area contributed by atoms with Gasteiger partial charge in [0.2, 0.25) is 5.78 Å². The Bertz CT molecular complexity index is 555. The lowest BCUT2D eigenvalue weighted by molar-refractivity contribution is 0.104. The molecule has 3 heteroatoms. The van der Waals surface area contributed by atoms with Gasteiger partial charge in [-0.05, 0) is 19.4 Å². The summed E-state index contributed by atoms with van der Waals surface area (Å²) in [7, 11) is 1.60. The van der Waals surface area contributed by atoms with Gasteiger partial charge in [0.05, 0.1) is 12.0 Å². The molecule has 0 atom stereocenters. The molecule has 2 rings (SSSR count). The molecule has 0 bridgehead atoms. The molecule has 1 aromatic carbocycles. The smallest absolute Gasteiger partial charge is 0.203 e. The molecular weight excluding hydrogens is 232 g/mol. The first kappa shape index (κ1) is 11.9. The fraction of sp³-hybridized carbons (Fsp3) is 0.214. The average Bonchev–Trinajstić information content (AvgIpc) is 2.76. The predicted molar refractivity (Wildman–Crippen MR) is 70.2 cm³/mol. The van der Waals surface area contributed by atoms with E-state index >= 15 is 0 Å². The number of carbonyl (C=O) groups excluding carboxylic acids is 1. The standard InChI is InChI=1S/C14H14O2S/c1-9-4-5-12(10(2)6-9)14(15)13-7-11(16-3)8-17-13/h4-8H,1-3H3. The van der Waals surface area contributed by atoms with Gasteiger partial charge in [-0.1, -0.05) is 23.8 Å². The van der Waals surface area contributed by atoms with Crippen molar-refractivity contribution < 1.29 is 9.53 Å². The van der Waals surface area contributed by atoms with E-state index in [1.54, 1.807) is 13.2 Å². The molecule has 1 aromatic heterocycles. The third-order valence-corrected chi connectivity index (χ3v) is 3.57. The maximum absolute atomic E-state index is 12.3. The molecule has 17 heavy (non-hydrogen) atoms. The molecule has 0 amide bonds. The van der Waals surface area contributed by atoms with E-state index in [2.05, 4.69) is 0 Å². The molecule has 0 unspecified atom stereocenters. The molecule has 0 spiro atoms. The van der Waals surface area contributed by atoms with Crippen LogP contribution in [0.5, 0.6) is 5.75 Å². The fourth-order valence-corrected chi connectivity index (χ4v) is 2.55. The molecular formula is C14H14O2S. The van der Waals surface area contributed by atoms with Crippen LogP contribution in [-0.4, -0.2) is 12.9 Å². The second kappa shape index (κ2) is 4.72. The van der Waals surface area contributed by atoms with Crippen molar-refractivity contribution in [3.8, 4) is 5.75 Å². The zero-order chi connectivity index (χ0) is 12.4. The van der Waals surface area contributed by atoms with Crippen LogP contribution in [0.1, 0.15) is 26.4 Å². The number of benzene rings is 1. The molecule has 2 nitrogen and oxygen atoms in total. The SMILES string of the molecule is COc1csc(C(=O)c2ccc(C)cc2C)c1. The van der Waals surface area contributed by atoms with Crippen molar-refractivity contribution in [2.45, 2.75) is 13.8 Å². The quantitative estimate of drug-likeness (QED) is 0.773. The first-order valence-corrected chi connectivity index (χ1v) is 6.24. The summed E-state index contributed by atoms with van der Waals surface area (Å²) in [5.41, 5.74) is 2.95. The largest absolute Gasteiger partial charge is 0.496 e. The summed E-state index contributed by atoms with van der Waals surface area (Å²) in [6.45, 7) is 3.99. The van der Waals surface area contributed by atoms with Crippen molar-refractivity contribution in [2.24, 2.45) is 0 Å². The van der Waals surface area contributed by atoms with Gasteiger partial charge < -0.3 is 4.74 Å². The van der Waals surface area contributed by atoms with Crippen LogP contribution in [-0.2, 0) is 0 Å². The highest BCUT2D eigenvalue weighted by molar-refractivity contribution is 7.12. The number of carbonyl (C=O) groups is 1. The minimum Gasteiger partial charge on any atom is -0.496 e. The zero-order valence-corrected chi connectivity index (χ0v) is 10.9. The number of aryl methyl sites for hydroxylation is 2. The highest BCUT2D eigenvalue weighted by Crippen LogP contribution is 2.25. The number of ether oxygens (including phenoxy) is 1. The van der Waals surface area contributed by atoms with E-state index in [0.717, 1.165) is 16.9 Å². The van der Waals surface area contributed by atoms with E-state index in [0.29, 0.717) is 4.88 Å². The van der Waals surface area contributed by atoms with Crippen molar-refractivity contribution in [1.82, 2.24) is 0 Å². The van der Waals surface area contributed by atoms with Crippen LogP contribution in [0.15, 0.2) is 29.6 Å². The molecule has 0 saturated heterocycles. The topological polar surface area (TPSA) is 26.3 Å².